The van der Waals surface area contributed by atoms with Gasteiger partial charge in [0.05, 0.1) is 24.3 Å². The van der Waals surface area contributed by atoms with E-state index in [1.807, 2.05) is 53.5 Å². The number of nitrogens with zero attached hydrogens (tertiary/aromatic N) is 1. The van der Waals surface area contributed by atoms with Crippen molar-refractivity contribution in [2.75, 3.05) is 10.2 Å². The average Bonchev–Trinajstić information content (AvgIpc) is 3.50. The number of anilines is 2. The van der Waals surface area contributed by atoms with Crippen molar-refractivity contribution in [1.29, 1.82) is 0 Å². The van der Waals surface area contributed by atoms with Gasteiger partial charge in [0.15, 0.2) is 11.5 Å². The van der Waals surface area contributed by atoms with Gasteiger partial charge >= 0.3 is 0 Å². The van der Waals surface area contributed by atoms with Crippen LogP contribution >= 0.6 is 11.6 Å². The Bertz CT molecular complexity index is 1360. The molecule has 0 unspecified atom stereocenters. The van der Waals surface area contributed by atoms with Gasteiger partial charge in [-0.1, -0.05) is 42.0 Å². The SMILES string of the molecule is CC(=O)[C@H]1[C@H](C(=O)c2ccco2)[C@]2(C(=O)Nc3ccccc32)[C@H]2C=Cc3cc(Cl)ccc3N12. The number of carbonyl (C=O) groups is 3. The van der Waals surface area contributed by atoms with Crippen molar-refractivity contribution in [2.24, 2.45) is 5.92 Å². The van der Waals surface area contributed by atoms with E-state index in [-0.39, 0.29) is 23.2 Å². The molecular formula is C26H19ClN2O4. The molecule has 1 N–H and O–H groups in total. The summed E-state index contributed by atoms with van der Waals surface area (Å²) in [7, 11) is 0. The lowest BCUT2D eigenvalue weighted by atomic mass is 9.65. The molecule has 4 heterocycles. The number of hydrogen-bond donors (Lipinski definition) is 1. The molecule has 0 radical (unpaired) electrons. The van der Waals surface area contributed by atoms with E-state index in [2.05, 4.69) is 5.32 Å². The number of furan rings is 1. The van der Waals surface area contributed by atoms with Gasteiger partial charge in [-0.3, -0.25) is 14.4 Å². The summed E-state index contributed by atoms with van der Waals surface area (Å²) in [5, 5.41) is 3.54. The minimum atomic E-state index is -1.30. The Labute approximate surface area is 194 Å². The molecule has 2 aromatic carbocycles. The molecule has 3 aromatic rings. The summed E-state index contributed by atoms with van der Waals surface area (Å²) in [6.45, 7) is 1.47. The van der Waals surface area contributed by atoms with Crippen LogP contribution in [0.2, 0.25) is 5.02 Å². The van der Waals surface area contributed by atoms with Crippen molar-refractivity contribution >= 4 is 46.5 Å². The first-order valence-corrected chi connectivity index (χ1v) is 11.1. The van der Waals surface area contributed by atoms with Crippen LogP contribution in [0.1, 0.15) is 28.6 Å². The molecule has 33 heavy (non-hydrogen) atoms. The Morgan fingerprint density at radius 2 is 1.94 bits per heavy atom. The predicted molar refractivity (Wildman–Crippen MR) is 125 cm³/mol. The van der Waals surface area contributed by atoms with E-state index < -0.39 is 23.4 Å². The number of Topliss-reactive ketones (excluding diaryl/α,β-unsaturated/α-hetero) is 2. The number of para-hydroxylation sites is 1. The van der Waals surface area contributed by atoms with Gasteiger partial charge in [-0.05, 0) is 54.4 Å². The third-order valence-electron chi connectivity index (χ3n) is 7.06. The Kier molecular flexibility index (Phi) is 4.20. The van der Waals surface area contributed by atoms with Gasteiger partial charge in [0.1, 0.15) is 5.41 Å². The summed E-state index contributed by atoms with van der Waals surface area (Å²) in [5.74, 6) is -1.72. The van der Waals surface area contributed by atoms with Gasteiger partial charge in [-0.25, -0.2) is 0 Å². The van der Waals surface area contributed by atoms with Crippen molar-refractivity contribution in [3.8, 4) is 0 Å². The molecule has 4 atom stereocenters. The molecule has 0 saturated carbocycles. The summed E-state index contributed by atoms with van der Waals surface area (Å²) in [6, 6.07) is 14.6. The molecule has 3 aliphatic rings. The maximum absolute atomic E-state index is 14.0. The number of nitrogens with one attached hydrogen (secondary N) is 1. The molecule has 7 heteroatoms. The minimum absolute atomic E-state index is 0.128. The topological polar surface area (TPSA) is 79.6 Å². The van der Waals surface area contributed by atoms with E-state index in [4.69, 9.17) is 16.0 Å². The van der Waals surface area contributed by atoms with Crippen LogP contribution in [-0.4, -0.2) is 29.6 Å². The van der Waals surface area contributed by atoms with Crippen molar-refractivity contribution in [1.82, 2.24) is 0 Å². The van der Waals surface area contributed by atoms with Crippen molar-refractivity contribution in [3.63, 3.8) is 0 Å². The second-order valence-electron chi connectivity index (χ2n) is 8.66. The van der Waals surface area contributed by atoms with Crippen LogP contribution in [0.15, 0.2) is 71.4 Å². The normalized spacial score (nSPS) is 26.7. The van der Waals surface area contributed by atoms with Crippen LogP contribution < -0.4 is 10.2 Å². The van der Waals surface area contributed by atoms with E-state index in [1.54, 1.807) is 18.2 Å². The van der Waals surface area contributed by atoms with E-state index >= 15 is 0 Å². The Morgan fingerprint density at radius 3 is 2.70 bits per heavy atom. The highest BCUT2D eigenvalue weighted by atomic mass is 35.5. The molecule has 1 saturated heterocycles. The van der Waals surface area contributed by atoms with Gasteiger partial charge < -0.3 is 14.6 Å². The smallest absolute Gasteiger partial charge is 0.238 e. The zero-order valence-corrected chi connectivity index (χ0v) is 18.4. The second kappa shape index (κ2) is 6.93. The molecule has 6 rings (SSSR count). The molecule has 3 aliphatic heterocycles. The van der Waals surface area contributed by atoms with Gasteiger partial charge in [0.2, 0.25) is 11.7 Å². The number of rotatable bonds is 3. The van der Waals surface area contributed by atoms with Crippen LogP contribution in [0.4, 0.5) is 11.4 Å². The molecular weight excluding hydrogens is 440 g/mol. The molecule has 1 spiro atoms. The highest BCUT2D eigenvalue weighted by Gasteiger charge is 2.70. The van der Waals surface area contributed by atoms with Crippen LogP contribution in [0.25, 0.3) is 6.08 Å². The standard InChI is InChI=1S/C26H19ClN2O4/c1-14(30)23-22(24(31)20-7-4-12-33-20)26(17-5-2-3-6-18(17)28-25(26)32)21-11-8-15-13-16(27)9-10-19(15)29(21)23/h2-13,21-23H,1H3,(H,28,32)/t21-,22-,23+,26-/m1/s1. The highest BCUT2D eigenvalue weighted by Crippen LogP contribution is 2.57. The number of fused-ring (bicyclic) bond motifs is 6. The number of carbonyl (C=O) groups excluding carboxylic acids is 3. The Hall–Kier alpha value is -3.64. The monoisotopic (exact) mass is 458 g/mol. The molecule has 164 valence electrons. The van der Waals surface area contributed by atoms with Crippen molar-refractivity contribution in [2.45, 2.75) is 24.4 Å². The number of amides is 1. The lowest BCUT2D eigenvalue weighted by molar-refractivity contribution is -0.122. The van der Waals surface area contributed by atoms with Gasteiger partial charge in [-0.2, -0.15) is 0 Å². The quantitative estimate of drug-likeness (QED) is 0.585. The molecule has 1 aromatic heterocycles. The third-order valence-corrected chi connectivity index (χ3v) is 7.29. The fraction of sp³-hybridized carbons (Fsp3) is 0.192. The Balaban J connectivity index is 1.67. The van der Waals surface area contributed by atoms with Gasteiger partial charge in [0.25, 0.3) is 0 Å². The minimum Gasteiger partial charge on any atom is -0.461 e. The van der Waals surface area contributed by atoms with Crippen LogP contribution in [0.3, 0.4) is 0 Å². The highest BCUT2D eigenvalue weighted by molar-refractivity contribution is 6.31. The van der Waals surface area contributed by atoms with Crippen LogP contribution in [-0.2, 0) is 15.0 Å². The summed E-state index contributed by atoms with van der Waals surface area (Å²) < 4.78 is 5.45. The van der Waals surface area contributed by atoms with Crippen LogP contribution in [0, 0.1) is 5.92 Å². The van der Waals surface area contributed by atoms with Crippen molar-refractivity contribution in [3.05, 3.63) is 88.8 Å². The van der Waals surface area contributed by atoms with Crippen molar-refractivity contribution < 1.29 is 18.8 Å². The first-order chi connectivity index (χ1) is 15.9. The number of halogens is 1. The van der Waals surface area contributed by atoms with E-state index in [9.17, 15) is 14.4 Å². The predicted octanol–water partition coefficient (Wildman–Crippen LogP) is 4.50. The lowest BCUT2D eigenvalue weighted by Gasteiger charge is -2.37. The number of ketones is 2. The molecule has 1 amide bonds. The maximum Gasteiger partial charge on any atom is 0.238 e. The first-order valence-electron chi connectivity index (χ1n) is 10.7. The van der Waals surface area contributed by atoms with E-state index in [0.717, 1.165) is 11.3 Å². The molecule has 0 bridgehead atoms. The lowest BCUT2D eigenvalue weighted by Crippen LogP contribution is -2.51. The largest absolute Gasteiger partial charge is 0.461 e. The number of hydrogen-bond acceptors (Lipinski definition) is 5. The molecule has 1 fully saturated rings. The maximum atomic E-state index is 14.0. The summed E-state index contributed by atoms with van der Waals surface area (Å²) in [6.07, 6.45) is 5.24. The van der Waals surface area contributed by atoms with E-state index in [1.165, 1.54) is 13.2 Å². The number of benzene rings is 2. The second-order valence-corrected chi connectivity index (χ2v) is 9.09. The van der Waals surface area contributed by atoms with Crippen LogP contribution in [0.5, 0.6) is 0 Å². The first kappa shape index (κ1) is 20.0. The summed E-state index contributed by atoms with van der Waals surface area (Å²) in [5.41, 5.74) is 1.65. The molecule has 0 aliphatic carbocycles. The van der Waals surface area contributed by atoms with E-state index in [0.29, 0.717) is 16.3 Å². The molecule has 6 nitrogen and oxygen atoms in total. The summed E-state index contributed by atoms with van der Waals surface area (Å²) in [4.78, 5) is 42.9. The fourth-order valence-electron chi connectivity index (χ4n) is 5.88. The average molecular weight is 459 g/mol. The van der Waals surface area contributed by atoms with Gasteiger partial charge in [-0.15, -0.1) is 0 Å². The van der Waals surface area contributed by atoms with Gasteiger partial charge in [0, 0.05) is 16.4 Å². The summed E-state index contributed by atoms with van der Waals surface area (Å²) >= 11 is 6.23. The Morgan fingerprint density at radius 1 is 1.12 bits per heavy atom. The third kappa shape index (κ3) is 2.52. The zero-order chi connectivity index (χ0) is 22.9. The fourth-order valence-corrected chi connectivity index (χ4v) is 6.06. The zero-order valence-electron chi connectivity index (χ0n) is 17.6.